The summed E-state index contributed by atoms with van der Waals surface area (Å²) in [7, 11) is 1.56. The number of carbonyl (C=O) groups excluding carboxylic acids is 2. The van der Waals surface area contributed by atoms with Crippen LogP contribution in [0.2, 0.25) is 0 Å². The highest BCUT2D eigenvalue weighted by atomic mass is 16.2. The van der Waals surface area contributed by atoms with E-state index in [0.29, 0.717) is 12.8 Å². The molecule has 2 amide bonds. The summed E-state index contributed by atoms with van der Waals surface area (Å²) in [6.07, 6.45) is 2.69. The number of likely N-dealkylation sites (N-methyl/N-ethyl adjacent to an activating group) is 1. The van der Waals surface area contributed by atoms with E-state index in [9.17, 15) is 9.59 Å². The summed E-state index contributed by atoms with van der Waals surface area (Å²) in [5, 5.41) is 5.24. The Hall–Kier alpha value is -1.32. The minimum absolute atomic E-state index is 0.0811. The molecule has 0 aliphatic rings. The van der Waals surface area contributed by atoms with Crippen molar-refractivity contribution in [3.63, 3.8) is 0 Å². The average molecular weight is 212 g/mol. The van der Waals surface area contributed by atoms with Crippen LogP contribution in [0.1, 0.15) is 26.7 Å². The van der Waals surface area contributed by atoms with Gasteiger partial charge in [0.15, 0.2) is 0 Å². The Kier molecular flexibility index (Phi) is 6.42. The van der Waals surface area contributed by atoms with E-state index in [4.69, 9.17) is 0 Å². The lowest BCUT2D eigenvalue weighted by atomic mass is 10.0. The van der Waals surface area contributed by atoms with Crippen molar-refractivity contribution >= 4 is 11.8 Å². The van der Waals surface area contributed by atoms with Crippen molar-refractivity contribution in [1.29, 1.82) is 0 Å². The third kappa shape index (κ3) is 5.20. The molecule has 0 aromatic carbocycles. The molecule has 0 aliphatic heterocycles. The van der Waals surface area contributed by atoms with Gasteiger partial charge >= 0.3 is 0 Å². The number of nitrogens with one attached hydrogen (secondary N) is 2. The van der Waals surface area contributed by atoms with Gasteiger partial charge < -0.3 is 10.6 Å². The molecule has 86 valence electrons. The van der Waals surface area contributed by atoms with Crippen LogP contribution in [0.5, 0.6) is 0 Å². The van der Waals surface area contributed by atoms with Crippen LogP contribution in [0.4, 0.5) is 0 Å². The Morgan fingerprint density at radius 3 is 2.40 bits per heavy atom. The predicted octanol–water partition coefficient (Wildman–Crippen LogP) is 0.839. The Balaban J connectivity index is 4.22. The first-order valence-electron chi connectivity index (χ1n) is 5.14. The zero-order valence-electron chi connectivity index (χ0n) is 9.67. The molecule has 0 saturated carbocycles. The summed E-state index contributed by atoms with van der Waals surface area (Å²) in [5.74, 6) is -0.188. The van der Waals surface area contributed by atoms with E-state index in [1.54, 1.807) is 13.1 Å². The van der Waals surface area contributed by atoms with Gasteiger partial charge in [-0.2, -0.15) is 0 Å². The first-order valence-corrected chi connectivity index (χ1v) is 5.14. The Bertz CT molecular complexity index is 237. The normalized spacial score (nSPS) is 12.0. The van der Waals surface area contributed by atoms with Crippen molar-refractivity contribution in [3.8, 4) is 0 Å². The fourth-order valence-corrected chi connectivity index (χ4v) is 1.17. The number of allylic oxidation sites excluding steroid dienone is 1. The fourth-order valence-electron chi connectivity index (χ4n) is 1.17. The molecule has 1 unspecified atom stereocenters. The summed E-state index contributed by atoms with van der Waals surface area (Å²) >= 11 is 0. The molecule has 0 saturated heterocycles. The zero-order chi connectivity index (χ0) is 11.8. The van der Waals surface area contributed by atoms with Gasteiger partial charge in [0.25, 0.3) is 0 Å². The van der Waals surface area contributed by atoms with Crippen LogP contribution in [0.25, 0.3) is 0 Å². The SMILES string of the molecule is C=CCCC(=O)NC(C(=O)NC)C(C)C. The number of rotatable bonds is 6. The summed E-state index contributed by atoms with van der Waals surface area (Å²) in [5.41, 5.74) is 0. The maximum absolute atomic E-state index is 11.4. The molecule has 4 nitrogen and oxygen atoms in total. The number of hydrogen-bond acceptors (Lipinski definition) is 2. The van der Waals surface area contributed by atoms with Gasteiger partial charge in [-0.25, -0.2) is 0 Å². The molecule has 0 aliphatic carbocycles. The van der Waals surface area contributed by atoms with Gasteiger partial charge in [0.2, 0.25) is 11.8 Å². The van der Waals surface area contributed by atoms with E-state index in [1.807, 2.05) is 13.8 Å². The standard InChI is InChI=1S/C11H20N2O2/c1-5-6-7-9(14)13-10(8(2)3)11(15)12-4/h5,8,10H,1,6-7H2,2-4H3,(H,12,15)(H,13,14). The van der Waals surface area contributed by atoms with Crippen molar-refractivity contribution in [2.45, 2.75) is 32.7 Å². The molecule has 2 N–H and O–H groups in total. The van der Waals surface area contributed by atoms with Crippen LogP contribution in [0.15, 0.2) is 12.7 Å². The van der Waals surface area contributed by atoms with Crippen LogP contribution in [0.3, 0.4) is 0 Å². The summed E-state index contributed by atoms with van der Waals surface area (Å²) in [4.78, 5) is 22.8. The van der Waals surface area contributed by atoms with Crippen molar-refractivity contribution in [3.05, 3.63) is 12.7 Å². The minimum Gasteiger partial charge on any atom is -0.357 e. The lowest BCUT2D eigenvalue weighted by Crippen LogP contribution is -2.48. The third-order valence-corrected chi connectivity index (χ3v) is 2.09. The van der Waals surface area contributed by atoms with Crippen molar-refractivity contribution in [2.75, 3.05) is 7.05 Å². The highest BCUT2D eigenvalue weighted by Gasteiger charge is 2.22. The van der Waals surface area contributed by atoms with E-state index >= 15 is 0 Å². The Morgan fingerprint density at radius 2 is 2.00 bits per heavy atom. The van der Waals surface area contributed by atoms with Gasteiger partial charge in [-0.15, -0.1) is 6.58 Å². The fraction of sp³-hybridized carbons (Fsp3) is 0.636. The second kappa shape index (κ2) is 7.04. The van der Waals surface area contributed by atoms with Gasteiger partial charge in [0, 0.05) is 13.5 Å². The van der Waals surface area contributed by atoms with Gasteiger partial charge in [-0.3, -0.25) is 9.59 Å². The monoisotopic (exact) mass is 212 g/mol. The molecule has 0 fully saturated rings. The van der Waals surface area contributed by atoms with E-state index in [0.717, 1.165) is 0 Å². The van der Waals surface area contributed by atoms with Crippen LogP contribution >= 0.6 is 0 Å². The largest absolute Gasteiger partial charge is 0.357 e. The Labute approximate surface area is 91.1 Å². The quantitative estimate of drug-likeness (QED) is 0.641. The molecule has 0 rings (SSSR count). The van der Waals surface area contributed by atoms with Crippen LogP contribution in [-0.4, -0.2) is 24.9 Å². The summed E-state index contributed by atoms with van der Waals surface area (Å²) in [6, 6.07) is -0.452. The molecular formula is C11H20N2O2. The highest BCUT2D eigenvalue weighted by molar-refractivity contribution is 5.87. The lowest BCUT2D eigenvalue weighted by Gasteiger charge is -2.20. The molecule has 0 aromatic rings. The molecule has 0 spiro atoms. The maximum atomic E-state index is 11.4. The minimum atomic E-state index is -0.452. The van der Waals surface area contributed by atoms with Crippen molar-refractivity contribution in [2.24, 2.45) is 5.92 Å². The molecule has 0 aromatic heterocycles. The predicted molar refractivity (Wildman–Crippen MR) is 60.3 cm³/mol. The van der Waals surface area contributed by atoms with Gasteiger partial charge in [-0.1, -0.05) is 19.9 Å². The van der Waals surface area contributed by atoms with E-state index in [2.05, 4.69) is 17.2 Å². The Morgan fingerprint density at radius 1 is 1.40 bits per heavy atom. The first kappa shape index (κ1) is 13.7. The molecule has 0 bridgehead atoms. The van der Waals surface area contributed by atoms with E-state index in [1.165, 1.54) is 0 Å². The highest BCUT2D eigenvalue weighted by Crippen LogP contribution is 2.02. The molecule has 15 heavy (non-hydrogen) atoms. The molecule has 4 heteroatoms. The number of carbonyl (C=O) groups is 2. The molecular weight excluding hydrogens is 192 g/mol. The van der Waals surface area contributed by atoms with Gasteiger partial charge in [0.1, 0.15) is 6.04 Å². The first-order chi connectivity index (χ1) is 7.02. The van der Waals surface area contributed by atoms with Crippen molar-refractivity contribution < 1.29 is 9.59 Å². The van der Waals surface area contributed by atoms with E-state index < -0.39 is 6.04 Å². The van der Waals surface area contributed by atoms with Gasteiger partial charge in [-0.05, 0) is 12.3 Å². The topological polar surface area (TPSA) is 58.2 Å². The third-order valence-electron chi connectivity index (χ3n) is 2.09. The van der Waals surface area contributed by atoms with Gasteiger partial charge in [0.05, 0.1) is 0 Å². The van der Waals surface area contributed by atoms with E-state index in [-0.39, 0.29) is 17.7 Å². The summed E-state index contributed by atoms with van der Waals surface area (Å²) < 4.78 is 0. The zero-order valence-corrected chi connectivity index (χ0v) is 9.67. The smallest absolute Gasteiger partial charge is 0.242 e. The van der Waals surface area contributed by atoms with Crippen LogP contribution in [0, 0.1) is 5.92 Å². The van der Waals surface area contributed by atoms with Crippen LogP contribution < -0.4 is 10.6 Å². The molecule has 1 atom stereocenters. The number of amides is 2. The van der Waals surface area contributed by atoms with Crippen LogP contribution in [-0.2, 0) is 9.59 Å². The summed E-state index contributed by atoms with van der Waals surface area (Å²) in [6.45, 7) is 7.33. The number of hydrogen-bond donors (Lipinski definition) is 2. The maximum Gasteiger partial charge on any atom is 0.242 e. The second-order valence-electron chi connectivity index (χ2n) is 3.73. The lowest BCUT2D eigenvalue weighted by molar-refractivity contribution is -0.129. The molecule has 0 radical (unpaired) electrons. The average Bonchev–Trinajstić information content (AvgIpc) is 2.21. The second-order valence-corrected chi connectivity index (χ2v) is 3.73. The van der Waals surface area contributed by atoms with Crippen molar-refractivity contribution in [1.82, 2.24) is 10.6 Å². The molecule has 0 heterocycles.